The highest BCUT2D eigenvalue weighted by Crippen LogP contribution is 2.28. The van der Waals surface area contributed by atoms with E-state index >= 15 is 0 Å². The topological polar surface area (TPSA) is 79.0 Å². The lowest BCUT2D eigenvalue weighted by molar-refractivity contribution is -0.133. The molecule has 7 nitrogen and oxygen atoms in total. The van der Waals surface area contributed by atoms with Gasteiger partial charge < -0.3 is 19.9 Å². The summed E-state index contributed by atoms with van der Waals surface area (Å²) in [5, 5.41) is 4.78. The predicted molar refractivity (Wildman–Crippen MR) is 136 cm³/mol. The van der Waals surface area contributed by atoms with Crippen LogP contribution in [0, 0.1) is 5.82 Å². The monoisotopic (exact) mass is 509 g/mol. The van der Waals surface area contributed by atoms with Gasteiger partial charge >= 0.3 is 12.0 Å². The Morgan fingerprint density at radius 2 is 1.75 bits per heavy atom. The van der Waals surface area contributed by atoms with Gasteiger partial charge in [0.1, 0.15) is 12.4 Å². The molecular formula is C27H28FN3O4S. The van der Waals surface area contributed by atoms with E-state index in [1.54, 1.807) is 64.5 Å². The van der Waals surface area contributed by atoms with Crippen LogP contribution < -0.4 is 5.32 Å². The first kappa shape index (κ1) is 25.4. The van der Waals surface area contributed by atoms with Gasteiger partial charge in [0, 0.05) is 23.2 Å². The smallest absolute Gasteiger partial charge is 0.338 e. The number of halogens is 1. The molecule has 1 aromatic heterocycles. The zero-order valence-electron chi connectivity index (χ0n) is 20.0. The third-order valence-corrected chi connectivity index (χ3v) is 6.63. The van der Waals surface area contributed by atoms with Crippen molar-refractivity contribution in [1.82, 2.24) is 9.80 Å². The Balaban J connectivity index is 1.44. The maximum Gasteiger partial charge on any atom is 0.338 e. The molecule has 0 atom stereocenters. The average Bonchev–Trinajstić information content (AvgIpc) is 3.58. The molecular weight excluding hydrogens is 481 g/mol. The van der Waals surface area contributed by atoms with E-state index in [4.69, 9.17) is 4.74 Å². The van der Waals surface area contributed by atoms with E-state index in [-0.39, 0.29) is 36.9 Å². The minimum absolute atomic E-state index is 0.00200. The van der Waals surface area contributed by atoms with Gasteiger partial charge in [-0.15, -0.1) is 11.3 Å². The van der Waals surface area contributed by atoms with Crippen LogP contribution in [0.15, 0.2) is 66.0 Å². The Morgan fingerprint density at radius 1 is 1.03 bits per heavy atom. The molecule has 0 radical (unpaired) electrons. The highest BCUT2D eigenvalue weighted by atomic mass is 32.1. The molecule has 2 aromatic carbocycles. The molecule has 0 unspecified atom stereocenters. The van der Waals surface area contributed by atoms with Gasteiger partial charge in [-0.1, -0.05) is 18.2 Å². The van der Waals surface area contributed by atoms with E-state index in [0.717, 1.165) is 23.3 Å². The summed E-state index contributed by atoms with van der Waals surface area (Å²) in [4.78, 5) is 42.6. The lowest BCUT2D eigenvalue weighted by Gasteiger charge is -2.28. The minimum Gasteiger partial charge on any atom is -0.462 e. The first-order chi connectivity index (χ1) is 17.4. The fourth-order valence-electron chi connectivity index (χ4n) is 3.73. The lowest BCUT2D eigenvalue weighted by atomic mass is 10.2. The first-order valence-corrected chi connectivity index (χ1v) is 12.7. The Bertz CT molecular complexity index is 1180. The van der Waals surface area contributed by atoms with Crippen LogP contribution in [-0.4, -0.2) is 46.9 Å². The van der Waals surface area contributed by atoms with E-state index in [1.165, 1.54) is 12.1 Å². The van der Waals surface area contributed by atoms with Crippen LogP contribution in [0.25, 0.3) is 0 Å². The van der Waals surface area contributed by atoms with Crippen LogP contribution in [0.4, 0.5) is 14.9 Å². The number of carbonyl (C=O) groups is 3. The third-order valence-electron chi connectivity index (χ3n) is 5.77. The van der Waals surface area contributed by atoms with E-state index in [9.17, 15) is 18.8 Å². The van der Waals surface area contributed by atoms with E-state index in [1.807, 2.05) is 17.5 Å². The van der Waals surface area contributed by atoms with E-state index < -0.39 is 5.97 Å². The lowest BCUT2D eigenvalue weighted by Crippen LogP contribution is -2.45. The highest BCUT2D eigenvalue weighted by molar-refractivity contribution is 7.09. The number of urea groups is 1. The summed E-state index contributed by atoms with van der Waals surface area (Å²) in [6, 6.07) is 16.0. The second kappa shape index (κ2) is 11.8. The molecule has 0 saturated heterocycles. The van der Waals surface area contributed by atoms with Gasteiger partial charge in [0.25, 0.3) is 0 Å². The fraction of sp³-hybridized carbons (Fsp3) is 0.296. The van der Waals surface area contributed by atoms with Crippen LogP contribution >= 0.6 is 11.3 Å². The number of hydrogen-bond donors (Lipinski definition) is 1. The van der Waals surface area contributed by atoms with Crippen molar-refractivity contribution in [3.63, 3.8) is 0 Å². The number of benzene rings is 2. The quantitative estimate of drug-likeness (QED) is 0.377. The van der Waals surface area contributed by atoms with Gasteiger partial charge in [0.05, 0.1) is 18.7 Å². The Morgan fingerprint density at radius 3 is 2.36 bits per heavy atom. The summed E-state index contributed by atoms with van der Waals surface area (Å²) in [6.07, 6.45) is 1.68. The molecule has 3 amide bonds. The molecule has 4 rings (SSSR count). The number of ether oxygens (including phenoxy) is 1. The number of thiophene rings is 1. The molecule has 188 valence electrons. The molecule has 1 aliphatic carbocycles. The van der Waals surface area contributed by atoms with Crippen molar-refractivity contribution < 1.29 is 23.5 Å². The molecule has 3 aromatic rings. The van der Waals surface area contributed by atoms with Crippen LogP contribution in [0.3, 0.4) is 0 Å². The normalized spacial score (nSPS) is 12.6. The van der Waals surface area contributed by atoms with Gasteiger partial charge in [-0.25, -0.2) is 14.0 Å². The molecule has 1 fully saturated rings. The number of nitrogens with zero attached hydrogens (tertiary/aromatic N) is 2. The standard InChI is InChI=1S/C27H28FN3O4S/c1-2-35-26(33)20-7-11-22(12-8-20)29-27(34)31(23-13-14-23)18-25(32)30(17-24-4-3-15-36-24)16-19-5-9-21(28)10-6-19/h3-12,15,23H,2,13-14,16-18H2,1H3,(H,29,34). The average molecular weight is 510 g/mol. The van der Waals surface area contributed by atoms with Crippen molar-refractivity contribution in [2.45, 2.75) is 38.9 Å². The summed E-state index contributed by atoms with van der Waals surface area (Å²) in [5.74, 6) is -0.943. The molecule has 36 heavy (non-hydrogen) atoms. The molecule has 9 heteroatoms. The largest absolute Gasteiger partial charge is 0.462 e. The fourth-order valence-corrected chi connectivity index (χ4v) is 4.45. The molecule has 1 heterocycles. The van der Waals surface area contributed by atoms with E-state index in [2.05, 4.69) is 5.32 Å². The van der Waals surface area contributed by atoms with Crippen molar-refractivity contribution in [1.29, 1.82) is 0 Å². The van der Waals surface area contributed by atoms with Gasteiger partial charge in [0.2, 0.25) is 5.91 Å². The van der Waals surface area contributed by atoms with Gasteiger partial charge in [-0.2, -0.15) is 0 Å². The number of anilines is 1. The molecule has 1 aliphatic rings. The SMILES string of the molecule is CCOC(=O)c1ccc(NC(=O)N(CC(=O)N(Cc2ccc(F)cc2)Cc2cccs2)C2CC2)cc1. The molecule has 1 saturated carbocycles. The Kier molecular flexibility index (Phi) is 8.32. The number of amides is 3. The van der Waals surface area contributed by atoms with Crippen molar-refractivity contribution in [3.05, 3.63) is 87.9 Å². The summed E-state index contributed by atoms with van der Waals surface area (Å²) in [7, 11) is 0. The second-order valence-corrected chi connectivity index (χ2v) is 9.57. The van der Waals surface area contributed by atoms with Crippen LogP contribution in [0.2, 0.25) is 0 Å². The zero-order valence-corrected chi connectivity index (χ0v) is 20.8. The maximum atomic E-state index is 13.4. The summed E-state index contributed by atoms with van der Waals surface area (Å²) < 4.78 is 18.4. The van der Waals surface area contributed by atoms with Crippen molar-refractivity contribution >= 4 is 34.9 Å². The molecule has 0 bridgehead atoms. The Hall–Kier alpha value is -3.72. The highest BCUT2D eigenvalue weighted by Gasteiger charge is 2.35. The van der Waals surface area contributed by atoms with Gasteiger partial charge in [-0.05, 0) is 73.2 Å². The number of esters is 1. The Labute approximate surface area is 213 Å². The number of nitrogens with one attached hydrogen (secondary N) is 1. The van der Waals surface area contributed by atoms with Crippen molar-refractivity contribution in [2.75, 3.05) is 18.5 Å². The van der Waals surface area contributed by atoms with Gasteiger partial charge in [-0.3, -0.25) is 4.79 Å². The predicted octanol–water partition coefficient (Wildman–Crippen LogP) is 5.29. The number of hydrogen-bond acceptors (Lipinski definition) is 5. The van der Waals surface area contributed by atoms with Crippen LogP contribution in [0.5, 0.6) is 0 Å². The minimum atomic E-state index is -0.424. The second-order valence-electron chi connectivity index (χ2n) is 8.54. The summed E-state index contributed by atoms with van der Waals surface area (Å²) in [6.45, 7) is 2.67. The molecule has 0 aliphatic heterocycles. The van der Waals surface area contributed by atoms with Gasteiger partial charge in [0.15, 0.2) is 0 Å². The van der Waals surface area contributed by atoms with Crippen molar-refractivity contribution in [3.8, 4) is 0 Å². The summed E-state index contributed by atoms with van der Waals surface area (Å²) in [5.41, 5.74) is 1.73. The summed E-state index contributed by atoms with van der Waals surface area (Å²) >= 11 is 1.55. The van der Waals surface area contributed by atoms with Crippen molar-refractivity contribution in [2.24, 2.45) is 0 Å². The molecule has 0 spiro atoms. The number of carbonyl (C=O) groups excluding carboxylic acids is 3. The van der Waals surface area contributed by atoms with Crippen LogP contribution in [-0.2, 0) is 22.6 Å². The molecule has 1 N–H and O–H groups in total. The first-order valence-electron chi connectivity index (χ1n) is 11.8. The number of rotatable bonds is 10. The van der Waals surface area contributed by atoms with Crippen LogP contribution in [0.1, 0.15) is 40.6 Å². The third kappa shape index (κ3) is 6.91. The van der Waals surface area contributed by atoms with E-state index in [0.29, 0.717) is 24.3 Å². The zero-order chi connectivity index (χ0) is 25.5. The maximum absolute atomic E-state index is 13.4.